The second kappa shape index (κ2) is 4.93. The van der Waals surface area contributed by atoms with Gasteiger partial charge in [0.15, 0.2) is 0 Å². The van der Waals surface area contributed by atoms with E-state index in [1.54, 1.807) is 7.11 Å². The van der Waals surface area contributed by atoms with Crippen molar-refractivity contribution < 1.29 is 4.74 Å². The average Bonchev–Trinajstić information content (AvgIpc) is 2.29. The minimum Gasteiger partial charge on any atom is -0.495 e. The number of ether oxygens (including phenoxy) is 1. The van der Waals surface area contributed by atoms with E-state index in [9.17, 15) is 0 Å². The Labute approximate surface area is 101 Å². The van der Waals surface area contributed by atoms with Gasteiger partial charge in [-0.2, -0.15) is 0 Å². The van der Waals surface area contributed by atoms with Crippen molar-refractivity contribution in [3.05, 3.63) is 23.2 Å². The Morgan fingerprint density at radius 3 is 3.00 bits per heavy atom. The van der Waals surface area contributed by atoms with Crippen LogP contribution in [-0.2, 0) is 0 Å². The number of hydrogen-bond acceptors (Lipinski definition) is 3. The van der Waals surface area contributed by atoms with Gasteiger partial charge in [0.1, 0.15) is 5.75 Å². The maximum absolute atomic E-state index is 6.01. The fourth-order valence-electron chi connectivity index (χ4n) is 2.01. The molecule has 0 bridgehead atoms. The molecule has 1 N–H and O–H groups in total. The van der Waals surface area contributed by atoms with Gasteiger partial charge in [0.05, 0.1) is 12.1 Å². The van der Waals surface area contributed by atoms with E-state index < -0.39 is 0 Å². The number of rotatable bonds is 2. The lowest BCUT2D eigenvalue weighted by Crippen LogP contribution is -2.49. The predicted molar refractivity (Wildman–Crippen MR) is 67.7 cm³/mol. The highest BCUT2D eigenvalue weighted by Gasteiger charge is 2.16. The SMILES string of the molecule is COc1cc(N2CCNC(C)C2)ccc1Cl. The monoisotopic (exact) mass is 240 g/mol. The average molecular weight is 241 g/mol. The molecular formula is C12H17ClN2O. The predicted octanol–water partition coefficient (Wildman–Crippen LogP) is 2.15. The highest BCUT2D eigenvalue weighted by atomic mass is 35.5. The molecule has 0 amide bonds. The first kappa shape index (κ1) is 11.6. The van der Waals surface area contributed by atoms with Crippen LogP contribution in [0.2, 0.25) is 5.02 Å². The molecule has 0 aliphatic carbocycles. The summed E-state index contributed by atoms with van der Waals surface area (Å²) in [6.07, 6.45) is 0. The van der Waals surface area contributed by atoms with E-state index in [0.29, 0.717) is 11.1 Å². The minimum atomic E-state index is 0.524. The molecule has 0 spiro atoms. The fourth-order valence-corrected chi connectivity index (χ4v) is 2.21. The highest BCUT2D eigenvalue weighted by molar-refractivity contribution is 6.32. The normalized spacial score (nSPS) is 20.9. The van der Waals surface area contributed by atoms with Crippen molar-refractivity contribution in [1.82, 2.24) is 5.32 Å². The third kappa shape index (κ3) is 2.42. The van der Waals surface area contributed by atoms with Crippen LogP contribution in [0.15, 0.2) is 18.2 Å². The molecule has 88 valence electrons. The summed E-state index contributed by atoms with van der Waals surface area (Å²) in [5, 5.41) is 4.08. The van der Waals surface area contributed by atoms with E-state index in [4.69, 9.17) is 16.3 Å². The van der Waals surface area contributed by atoms with E-state index in [1.807, 2.05) is 18.2 Å². The van der Waals surface area contributed by atoms with Crippen LogP contribution in [0.25, 0.3) is 0 Å². The summed E-state index contributed by atoms with van der Waals surface area (Å²) >= 11 is 6.01. The van der Waals surface area contributed by atoms with E-state index in [-0.39, 0.29) is 0 Å². The lowest BCUT2D eigenvalue weighted by atomic mass is 10.2. The van der Waals surface area contributed by atoms with Crippen LogP contribution in [0.5, 0.6) is 5.75 Å². The van der Waals surface area contributed by atoms with E-state index >= 15 is 0 Å². The van der Waals surface area contributed by atoms with Crippen molar-refractivity contribution in [2.24, 2.45) is 0 Å². The molecule has 1 aromatic carbocycles. The van der Waals surface area contributed by atoms with Crippen LogP contribution in [0.3, 0.4) is 0 Å². The van der Waals surface area contributed by atoms with Crippen LogP contribution in [-0.4, -0.2) is 32.8 Å². The maximum Gasteiger partial charge on any atom is 0.139 e. The van der Waals surface area contributed by atoms with Gasteiger partial charge in [-0.15, -0.1) is 0 Å². The van der Waals surface area contributed by atoms with Crippen molar-refractivity contribution in [2.75, 3.05) is 31.6 Å². The second-order valence-corrected chi connectivity index (χ2v) is 4.53. The Bertz CT molecular complexity index is 370. The summed E-state index contributed by atoms with van der Waals surface area (Å²) in [6, 6.07) is 6.46. The summed E-state index contributed by atoms with van der Waals surface area (Å²) in [7, 11) is 1.64. The molecule has 1 aromatic rings. The van der Waals surface area contributed by atoms with Gasteiger partial charge in [-0.1, -0.05) is 11.6 Å². The smallest absolute Gasteiger partial charge is 0.139 e. The number of nitrogens with one attached hydrogen (secondary N) is 1. The molecule has 1 saturated heterocycles. The third-order valence-corrected chi connectivity index (χ3v) is 3.18. The number of hydrogen-bond donors (Lipinski definition) is 1. The molecule has 0 radical (unpaired) electrons. The number of nitrogens with zero attached hydrogens (tertiary/aromatic N) is 1. The highest BCUT2D eigenvalue weighted by Crippen LogP contribution is 2.29. The lowest BCUT2D eigenvalue weighted by molar-refractivity contribution is 0.414. The first-order valence-electron chi connectivity index (χ1n) is 5.52. The van der Waals surface area contributed by atoms with Gasteiger partial charge in [0, 0.05) is 37.4 Å². The van der Waals surface area contributed by atoms with Crippen molar-refractivity contribution in [2.45, 2.75) is 13.0 Å². The Morgan fingerprint density at radius 2 is 2.31 bits per heavy atom. The topological polar surface area (TPSA) is 24.5 Å². The molecule has 1 unspecified atom stereocenters. The number of halogens is 1. The summed E-state index contributed by atoms with van der Waals surface area (Å²) < 4.78 is 5.23. The molecule has 3 nitrogen and oxygen atoms in total. The van der Waals surface area contributed by atoms with Crippen LogP contribution in [0.4, 0.5) is 5.69 Å². The zero-order chi connectivity index (χ0) is 11.5. The van der Waals surface area contributed by atoms with Gasteiger partial charge < -0.3 is 15.0 Å². The molecule has 0 saturated carbocycles. The van der Waals surface area contributed by atoms with Crippen LogP contribution in [0.1, 0.15) is 6.92 Å². The summed E-state index contributed by atoms with van der Waals surface area (Å²) in [5.74, 6) is 0.741. The Hall–Kier alpha value is -0.930. The van der Waals surface area contributed by atoms with Gasteiger partial charge in [0.25, 0.3) is 0 Å². The van der Waals surface area contributed by atoms with Gasteiger partial charge >= 0.3 is 0 Å². The molecule has 1 aliphatic rings. The Morgan fingerprint density at radius 1 is 1.50 bits per heavy atom. The number of anilines is 1. The first-order chi connectivity index (χ1) is 7.70. The zero-order valence-electron chi connectivity index (χ0n) is 9.66. The standard InChI is InChI=1S/C12H17ClN2O/c1-9-8-15(6-5-14-9)10-3-4-11(13)12(7-10)16-2/h3-4,7,9,14H,5-6,8H2,1-2H3. The van der Waals surface area contributed by atoms with Crippen LogP contribution >= 0.6 is 11.6 Å². The number of piperazine rings is 1. The first-order valence-corrected chi connectivity index (χ1v) is 5.90. The largest absolute Gasteiger partial charge is 0.495 e. The molecule has 16 heavy (non-hydrogen) atoms. The maximum atomic E-state index is 6.01. The quantitative estimate of drug-likeness (QED) is 0.857. The molecule has 0 aromatic heterocycles. The molecule has 1 atom stereocenters. The molecule has 1 aliphatic heterocycles. The van der Waals surface area contributed by atoms with Crippen molar-refractivity contribution in [3.63, 3.8) is 0 Å². The van der Waals surface area contributed by atoms with E-state index in [2.05, 4.69) is 17.1 Å². The van der Waals surface area contributed by atoms with Crippen molar-refractivity contribution in [1.29, 1.82) is 0 Å². The van der Waals surface area contributed by atoms with Gasteiger partial charge in [-0.3, -0.25) is 0 Å². The number of benzene rings is 1. The molecule has 1 heterocycles. The van der Waals surface area contributed by atoms with E-state index in [1.165, 1.54) is 5.69 Å². The molecular weight excluding hydrogens is 224 g/mol. The van der Waals surface area contributed by atoms with Crippen molar-refractivity contribution in [3.8, 4) is 5.75 Å². The molecule has 4 heteroatoms. The minimum absolute atomic E-state index is 0.524. The van der Waals surface area contributed by atoms with Gasteiger partial charge in [-0.05, 0) is 19.1 Å². The zero-order valence-corrected chi connectivity index (χ0v) is 10.4. The Balaban J connectivity index is 2.19. The Kier molecular flexibility index (Phi) is 3.56. The molecule has 1 fully saturated rings. The third-order valence-electron chi connectivity index (χ3n) is 2.87. The van der Waals surface area contributed by atoms with Gasteiger partial charge in [0.2, 0.25) is 0 Å². The fraction of sp³-hybridized carbons (Fsp3) is 0.500. The van der Waals surface area contributed by atoms with Crippen molar-refractivity contribution >= 4 is 17.3 Å². The van der Waals surface area contributed by atoms with E-state index in [0.717, 1.165) is 25.4 Å². The molecule has 2 rings (SSSR count). The summed E-state index contributed by atoms with van der Waals surface area (Å²) in [6.45, 7) is 5.26. The summed E-state index contributed by atoms with van der Waals surface area (Å²) in [4.78, 5) is 2.35. The van der Waals surface area contributed by atoms with Crippen LogP contribution < -0.4 is 15.0 Å². The number of methoxy groups -OCH3 is 1. The second-order valence-electron chi connectivity index (χ2n) is 4.12. The lowest BCUT2D eigenvalue weighted by Gasteiger charge is -2.33. The van der Waals surface area contributed by atoms with Gasteiger partial charge in [-0.25, -0.2) is 0 Å². The summed E-state index contributed by atoms with van der Waals surface area (Å²) in [5.41, 5.74) is 1.18. The van der Waals surface area contributed by atoms with Crippen LogP contribution in [0, 0.1) is 0 Å².